The summed E-state index contributed by atoms with van der Waals surface area (Å²) in [5.74, 6) is 0. The summed E-state index contributed by atoms with van der Waals surface area (Å²) in [6, 6.07) is 4.58. The minimum absolute atomic E-state index is 0.318. The van der Waals surface area contributed by atoms with Gasteiger partial charge in [0.25, 0.3) is 0 Å². The Hall–Kier alpha value is -0.720. The minimum atomic E-state index is 0.318. The van der Waals surface area contributed by atoms with E-state index in [-0.39, 0.29) is 0 Å². The summed E-state index contributed by atoms with van der Waals surface area (Å²) in [5.41, 5.74) is 1.02. The molecule has 0 spiro atoms. The summed E-state index contributed by atoms with van der Waals surface area (Å²) in [4.78, 5) is 1.33. The van der Waals surface area contributed by atoms with Crippen LogP contribution in [-0.2, 0) is 13.5 Å². The van der Waals surface area contributed by atoms with E-state index in [1.165, 1.54) is 8.66 Å². The lowest BCUT2D eigenvalue weighted by Crippen LogP contribution is -2.23. The van der Waals surface area contributed by atoms with Gasteiger partial charge in [-0.15, -0.1) is 16.4 Å². The Morgan fingerprint density at radius 1 is 1.50 bits per heavy atom. The SMILES string of the molecule is CCCNC(Cc1cn(C)nn1)c1ccc(Br)s1. The summed E-state index contributed by atoms with van der Waals surface area (Å²) >= 11 is 5.29. The fourth-order valence-electron chi connectivity index (χ4n) is 1.81. The van der Waals surface area contributed by atoms with Crippen molar-refractivity contribution in [2.45, 2.75) is 25.8 Å². The molecule has 0 amide bonds. The fraction of sp³-hybridized carbons (Fsp3) is 0.500. The van der Waals surface area contributed by atoms with Crippen LogP contribution in [0.15, 0.2) is 22.1 Å². The van der Waals surface area contributed by atoms with Gasteiger partial charge in [0, 0.05) is 30.6 Å². The summed E-state index contributed by atoms with van der Waals surface area (Å²) in [6.07, 6.45) is 3.98. The highest BCUT2D eigenvalue weighted by Gasteiger charge is 2.15. The number of thiophene rings is 1. The molecule has 0 saturated carbocycles. The lowest BCUT2D eigenvalue weighted by Gasteiger charge is -2.15. The summed E-state index contributed by atoms with van der Waals surface area (Å²) in [7, 11) is 1.90. The van der Waals surface area contributed by atoms with E-state index in [4.69, 9.17) is 0 Å². The van der Waals surface area contributed by atoms with Crippen LogP contribution in [0.5, 0.6) is 0 Å². The molecule has 2 heterocycles. The molecular formula is C12H17BrN4S. The fourth-order valence-corrected chi connectivity index (χ4v) is 3.30. The average molecular weight is 329 g/mol. The van der Waals surface area contributed by atoms with Crippen molar-refractivity contribution in [1.29, 1.82) is 0 Å². The van der Waals surface area contributed by atoms with Crippen LogP contribution in [0.2, 0.25) is 0 Å². The zero-order chi connectivity index (χ0) is 13.0. The van der Waals surface area contributed by atoms with Gasteiger partial charge in [-0.1, -0.05) is 12.1 Å². The van der Waals surface area contributed by atoms with E-state index in [2.05, 4.69) is 50.6 Å². The second kappa shape index (κ2) is 6.45. The van der Waals surface area contributed by atoms with Crippen LogP contribution >= 0.6 is 27.3 Å². The van der Waals surface area contributed by atoms with Crippen molar-refractivity contribution in [3.8, 4) is 0 Å². The van der Waals surface area contributed by atoms with Crippen molar-refractivity contribution >= 4 is 27.3 Å². The predicted molar refractivity (Wildman–Crippen MR) is 77.8 cm³/mol. The third kappa shape index (κ3) is 3.63. The Kier molecular flexibility index (Phi) is 4.91. The van der Waals surface area contributed by atoms with Crippen LogP contribution in [0.3, 0.4) is 0 Å². The number of nitrogens with zero attached hydrogens (tertiary/aromatic N) is 3. The van der Waals surface area contributed by atoms with Crippen LogP contribution in [0, 0.1) is 0 Å². The quantitative estimate of drug-likeness (QED) is 0.886. The monoisotopic (exact) mass is 328 g/mol. The van der Waals surface area contributed by atoms with E-state index in [1.807, 2.05) is 13.2 Å². The Morgan fingerprint density at radius 3 is 2.89 bits per heavy atom. The summed E-state index contributed by atoms with van der Waals surface area (Å²) < 4.78 is 2.91. The second-order valence-electron chi connectivity index (χ2n) is 4.24. The van der Waals surface area contributed by atoms with E-state index in [9.17, 15) is 0 Å². The highest BCUT2D eigenvalue weighted by molar-refractivity contribution is 9.11. The standard InChI is InChI=1S/C12H17BrN4S/c1-3-6-14-10(11-4-5-12(13)18-11)7-9-8-17(2)16-15-9/h4-5,8,10,14H,3,6-7H2,1-2H3. The molecule has 0 bridgehead atoms. The van der Waals surface area contributed by atoms with Gasteiger partial charge in [0.1, 0.15) is 0 Å². The molecule has 1 N–H and O–H groups in total. The molecule has 2 rings (SSSR count). The molecule has 2 aromatic rings. The molecule has 0 fully saturated rings. The number of aryl methyl sites for hydroxylation is 1. The van der Waals surface area contributed by atoms with E-state index in [1.54, 1.807) is 16.0 Å². The molecule has 0 aromatic carbocycles. The molecule has 6 heteroatoms. The minimum Gasteiger partial charge on any atom is -0.309 e. The van der Waals surface area contributed by atoms with Gasteiger partial charge in [0.15, 0.2) is 0 Å². The van der Waals surface area contributed by atoms with Crippen molar-refractivity contribution in [3.05, 3.63) is 32.7 Å². The van der Waals surface area contributed by atoms with Crippen LogP contribution in [0.25, 0.3) is 0 Å². The Balaban J connectivity index is 2.09. The molecule has 4 nitrogen and oxygen atoms in total. The molecule has 0 aliphatic heterocycles. The molecule has 0 aliphatic carbocycles. The van der Waals surface area contributed by atoms with Crippen LogP contribution < -0.4 is 5.32 Å². The average Bonchev–Trinajstić information content (AvgIpc) is 2.93. The first kappa shape index (κ1) is 13.7. The molecule has 1 atom stereocenters. The van der Waals surface area contributed by atoms with E-state index in [0.29, 0.717) is 6.04 Å². The van der Waals surface area contributed by atoms with E-state index in [0.717, 1.165) is 25.1 Å². The smallest absolute Gasteiger partial charge is 0.0846 e. The maximum Gasteiger partial charge on any atom is 0.0846 e. The number of hydrogen-bond acceptors (Lipinski definition) is 4. The van der Waals surface area contributed by atoms with Gasteiger partial charge in [-0.3, -0.25) is 4.68 Å². The van der Waals surface area contributed by atoms with Crippen LogP contribution in [0.4, 0.5) is 0 Å². The van der Waals surface area contributed by atoms with Crippen molar-refractivity contribution in [2.75, 3.05) is 6.54 Å². The van der Waals surface area contributed by atoms with Gasteiger partial charge in [0.2, 0.25) is 0 Å². The molecular weight excluding hydrogens is 312 g/mol. The zero-order valence-corrected chi connectivity index (χ0v) is 13.0. The second-order valence-corrected chi connectivity index (χ2v) is 6.73. The molecule has 18 heavy (non-hydrogen) atoms. The van der Waals surface area contributed by atoms with Gasteiger partial charge in [-0.05, 0) is 41.0 Å². The largest absolute Gasteiger partial charge is 0.309 e. The molecule has 2 aromatic heterocycles. The normalized spacial score (nSPS) is 12.8. The van der Waals surface area contributed by atoms with Gasteiger partial charge in [-0.2, -0.15) is 0 Å². The molecule has 1 unspecified atom stereocenters. The molecule has 0 aliphatic rings. The number of rotatable bonds is 6. The van der Waals surface area contributed by atoms with Crippen molar-refractivity contribution in [1.82, 2.24) is 20.3 Å². The number of nitrogens with one attached hydrogen (secondary N) is 1. The third-order valence-electron chi connectivity index (χ3n) is 2.64. The van der Waals surface area contributed by atoms with Gasteiger partial charge >= 0.3 is 0 Å². The van der Waals surface area contributed by atoms with Crippen molar-refractivity contribution < 1.29 is 0 Å². The Bertz CT molecular complexity index is 494. The lowest BCUT2D eigenvalue weighted by atomic mass is 10.1. The first-order chi connectivity index (χ1) is 8.69. The number of aromatic nitrogens is 3. The summed E-state index contributed by atoms with van der Waals surface area (Å²) in [5, 5.41) is 11.7. The summed E-state index contributed by atoms with van der Waals surface area (Å²) in [6.45, 7) is 3.19. The van der Waals surface area contributed by atoms with Crippen molar-refractivity contribution in [3.63, 3.8) is 0 Å². The Labute approximate surface area is 120 Å². The van der Waals surface area contributed by atoms with E-state index >= 15 is 0 Å². The number of hydrogen-bond donors (Lipinski definition) is 1. The molecule has 0 radical (unpaired) electrons. The van der Waals surface area contributed by atoms with Crippen LogP contribution in [-0.4, -0.2) is 21.5 Å². The first-order valence-corrected chi connectivity index (χ1v) is 7.63. The molecule has 98 valence electrons. The third-order valence-corrected chi connectivity index (χ3v) is 4.38. The van der Waals surface area contributed by atoms with Gasteiger partial charge < -0.3 is 5.32 Å². The lowest BCUT2D eigenvalue weighted by molar-refractivity contribution is 0.531. The zero-order valence-electron chi connectivity index (χ0n) is 10.6. The van der Waals surface area contributed by atoms with Crippen LogP contribution in [0.1, 0.15) is 30.0 Å². The maximum atomic E-state index is 4.16. The topological polar surface area (TPSA) is 42.7 Å². The highest BCUT2D eigenvalue weighted by atomic mass is 79.9. The van der Waals surface area contributed by atoms with Gasteiger partial charge in [-0.25, -0.2) is 0 Å². The van der Waals surface area contributed by atoms with E-state index < -0.39 is 0 Å². The van der Waals surface area contributed by atoms with Crippen molar-refractivity contribution in [2.24, 2.45) is 7.05 Å². The van der Waals surface area contributed by atoms with Gasteiger partial charge in [0.05, 0.1) is 9.48 Å². The first-order valence-electron chi connectivity index (χ1n) is 6.03. The molecule has 0 saturated heterocycles. The predicted octanol–water partition coefficient (Wildman–Crippen LogP) is 2.92. The Morgan fingerprint density at radius 2 is 2.33 bits per heavy atom. The highest BCUT2D eigenvalue weighted by Crippen LogP contribution is 2.29. The maximum absolute atomic E-state index is 4.16. The number of halogens is 1.